The second-order valence-corrected chi connectivity index (χ2v) is 5.45. The van der Waals surface area contributed by atoms with Crippen LogP contribution in [0.2, 0.25) is 0 Å². The first-order valence-electron chi connectivity index (χ1n) is 7.56. The van der Waals surface area contributed by atoms with Gasteiger partial charge in [-0.25, -0.2) is 4.98 Å². The first kappa shape index (κ1) is 17.6. The van der Waals surface area contributed by atoms with Gasteiger partial charge in [-0.1, -0.05) is 0 Å². The summed E-state index contributed by atoms with van der Waals surface area (Å²) in [6, 6.07) is 9.27. The Hall–Kier alpha value is -3.21. The van der Waals surface area contributed by atoms with Crippen LogP contribution in [0.4, 0.5) is 13.2 Å². The smallest absolute Gasteiger partial charge is 0.417 e. The minimum Gasteiger partial charge on any atom is -0.497 e. The number of hydrogen-bond acceptors (Lipinski definition) is 4. The quantitative estimate of drug-likeness (QED) is 0.702. The largest absolute Gasteiger partial charge is 0.497 e. The maximum absolute atomic E-state index is 13.0. The molecule has 0 aliphatic rings. The van der Waals surface area contributed by atoms with Gasteiger partial charge in [-0.05, 0) is 30.3 Å². The first-order chi connectivity index (χ1) is 12.4. The van der Waals surface area contributed by atoms with Crippen molar-refractivity contribution in [2.24, 2.45) is 0 Å². The fourth-order valence-electron chi connectivity index (χ4n) is 2.72. The maximum Gasteiger partial charge on any atom is 0.417 e. The van der Waals surface area contributed by atoms with Crippen molar-refractivity contribution in [1.29, 1.82) is 5.26 Å². The third-order valence-electron chi connectivity index (χ3n) is 3.95. The summed E-state index contributed by atoms with van der Waals surface area (Å²) in [5, 5.41) is 9.16. The van der Waals surface area contributed by atoms with Crippen LogP contribution in [0.25, 0.3) is 16.9 Å². The summed E-state index contributed by atoms with van der Waals surface area (Å²) < 4.78 is 51.0. The van der Waals surface area contributed by atoms with Crippen LogP contribution in [-0.4, -0.2) is 23.6 Å². The van der Waals surface area contributed by atoms with E-state index in [0.29, 0.717) is 34.1 Å². The zero-order chi connectivity index (χ0) is 18.9. The van der Waals surface area contributed by atoms with E-state index in [1.807, 2.05) is 6.07 Å². The molecule has 0 fully saturated rings. The molecule has 3 aromatic rings. The second-order valence-electron chi connectivity index (χ2n) is 5.45. The number of ether oxygens (including phenoxy) is 2. The molecular formula is C18H14F3N3O2. The molecule has 0 atom stereocenters. The van der Waals surface area contributed by atoms with E-state index < -0.39 is 11.7 Å². The number of benzene rings is 1. The zero-order valence-electron chi connectivity index (χ0n) is 14.0. The highest BCUT2D eigenvalue weighted by atomic mass is 19.4. The molecule has 0 amide bonds. The third kappa shape index (κ3) is 3.04. The highest BCUT2D eigenvalue weighted by Gasteiger charge is 2.31. The van der Waals surface area contributed by atoms with Gasteiger partial charge >= 0.3 is 6.18 Å². The number of nitrogens with zero attached hydrogens (tertiary/aromatic N) is 3. The molecule has 0 unspecified atom stereocenters. The van der Waals surface area contributed by atoms with Crippen molar-refractivity contribution in [2.45, 2.75) is 12.6 Å². The fourth-order valence-corrected chi connectivity index (χ4v) is 2.72. The summed E-state index contributed by atoms with van der Waals surface area (Å²) in [5.41, 5.74) is 0.755. The van der Waals surface area contributed by atoms with Crippen molar-refractivity contribution in [3.05, 3.63) is 47.8 Å². The minimum absolute atomic E-state index is 0.113. The van der Waals surface area contributed by atoms with Crippen LogP contribution in [0, 0.1) is 11.3 Å². The number of imidazole rings is 1. The Morgan fingerprint density at radius 1 is 1.15 bits per heavy atom. The van der Waals surface area contributed by atoms with Gasteiger partial charge in [-0.3, -0.25) is 0 Å². The summed E-state index contributed by atoms with van der Waals surface area (Å²) in [6.07, 6.45) is -3.65. The number of fused-ring (bicyclic) bond motifs is 1. The van der Waals surface area contributed by atoms with Gasteiger partial charge < -0.3 is 13.9 Å². The Morgan fingerprint density at radius 3 is 2.54 bits per heavy atom. The van der Waals surface area contributed by atoms with Crippen LogP contribution >= 0.6 is 0 Å². The molecule has 0 radical (unpaired) electrons. The monoisotopic (exact) mass is 361 g/mol. The van der Waals surface area contributed by atoms with Crippen LogP contribution in [0.5, 0.6) is 11.5 Å². The summed E-state index contributed by atoms with van der Waals surface area (Å²) in [7, 11) is 2.98. The number of aromatic nitrogens is 2. The van der Waals surface area contributed by atoms with E-state index in [0.717, 1.165) is 12.3 Å². The number of halogens is 3. The lowest BCUT2D eigenvalue weighted by Crippen LogP contribution is -2.07. The Labute approximate surface area is 147 Å². The molecule has 0 aliphatic heterocycles. The summed E-state index contributed by atoms with van der Waals surface area (Å²) >= 11 is 0. The molecule has 0 saturated carbocycles. The number of pyridine rings is 1. The van der Waals surface area contributed by atoms with Crippen molar-refractivity contribution in [3.63, 3.8) is 0 Å². The van der Waals surface area contributed by atoms with E-state index in [1.165, 1.54) is 24.7 Å². The molecule has 8 heteroatoms. The summed E-state index contributed by atoms with van der Waals surface area (Å²) in [5.74, 6) is 1.01. The highest BCUT2D eigenvalue weighted by molar-refractivity contribution is 5.74. The Bertz CT molecular complexity index is 1000. The maximum atomic E-state index is 13.0. The van der Waals surface area contributed by atoms with Gasteiger partial charge in [-0.2, -0.15) is 18.4 Å². The molecule has 3 rings (SSSR count). The molecule has 2 heterocycles. The number of hydrogen-bond donors (Lipinski definition) is 0. The Kier molecular flexibility index (Phi) is 4.47. The van der Waals surface area contributed by atoms with E-state index in [2.05, 4.69) is 4.98 Å². The van der Waals surface area contributed by atoms with Crippen LogP contribution in [0.3, 0.4) is 0 Å². The molecular weight excluding hydrogens is 347 g/mol. The molecule has 5 nitrogen and oxygen atoms in total. The van der Waals surface area contributed by atoms with Gasteiger partial charge in [-0.15, -0.1) is 0 Å². The SMILES string of the molecule is COc1ccc(OC)c(-c2nc3ccc(C(F)(F)F)cn3c2CC#N)c1. The Morgan fingerprint density at radius 2 is 1.92 bits per heavy atom. The van der Waals surface area contributed by atoms with Crippen molar-refractivity contribution in [2.75, 3.05) is 14.2 Å². The van der Waals surface area contributed by atoms with Crippen molar-refractivity contribution in [1.82, 2.24) is 9.38 Å². The van der Waals surface area contributed by atoms with Gasteiger partial charge in [0.25, 0.3) is 0 Å². The molecule has 134 valence electrons. The lowest BCUT2D eigenvalue weighted by Gasteiger charge is -2.10. The van der Waals surface area contributed by atoms with Gasteiger partial charge in [0, 0.05) is 11.8 Å². The molecule has 1 aromatic carbocycles. The standard InChI is InChI=1S/C18H14F3N3O2/c1-25-12-4-5-15(26-2)13(9-12)17-14(7-8-22)24-10-11(18(19,20)21)3-6-16(24)23-17/h3-6,9-10H,7H2,1-2H3. The topological polar surface area (TPSA) is 59.6 Å². The highest BCUT2D eigenvalue weighted by Crippen LogP contribution is 2.36. The molecule has 0 bridgehead atoms. The number of rotatable bonds is 4. The van der Waals surface area contributed by atoms with E-state index in [4.69, 9.17) is 14.7 Å². The molecule has 2 aromatic heterocycles. The van der Waals surface area contributed by atoms with Crippen molar-refractivity contribution < 1.29 is 22.6 Å². The second kappa shape index (κ2) is 6.59. The first-order valence-corrected chi connectivity index (χ1v) is 7.56. The molecule has 0 spiro atoms. The van der Waals surface area contributed by atoms with Gasteiger partial charge in [0.05, 0.1) is 43.7 Å². The predicted molar refractivity (Wildman–Crippen MR) is 88.1 cm³/mol. The van der Waals surface area contributed by atoms with E-state index in [9.17, 15) is 13.2 Å². The molecule has 0 saturated heterocycles. The third-order valence-corrected chi connectivity index (χ3v) is 3.95. The van der Waals surface area contributed by atoms with E-state index in [1.54, 1.807) is 18.2 Å². The minimum atomic E-state index is -4.49. The molecule has 0 N–H and O–H groups in total. The van der Waals surface area contributed by atoms with Gasteiger partial charge in [0.1, 0.15) is 17.1 Å². The number of nitriles is 1. The average Bonchev–Trinajstić information content (AvgIpc) is 2.98. The van der Waals surface area contributed by atoms with Crippen LogP contribution in [0.1, 0.15) is 11.3 Å². The lowest BCUT2D eigenvalue weighted by molar-refractivity contribution is -0.137. The van der Waals surface area contributed by atoms with Crippen LogP contribution in [0.15, 0.2) is 36.5 Å². The van der Waals surface area contributed by atoms with Gasteiger partial charge in [0.15, 0.2) is 0 Å². The predicted octanol–water partition coefficient (Wildman–Crippen LogP) is 4.10. The Balaban J connectivity index is 2.30. The molecule has 26 heavy (non-hydrogen) atoms. The van der Waals surface area contributed by atoms with E-state index in [-0.39, 0.29) is 6.42 Å². The van der Waals surface area contributed by atoms with Gasteiger partial charge in [0.2, 0.25) is 0 Å². The van der Waals surface area contributed by atoms with Crippen molar-refractivity contribution in [3.8, 4) is 28.8 Å². The fraction of sp³-hybridized carbons (Fsp3) is 0.222. The average molecular weight is 361 g/mol. The normalized spacial score (nSPS) is 11.4. The zero-order valence-corrected chi connectivity index (χ0v) is 14.0. The van der Waals surface area contributed by atoms with Crippen LogP contribution in [-0.2, 0) is 12.6 Å². The molecule has 0 aliphatic carbocycles. The number of alkyl halides is 3. The van der Waals surface area contributed by atoms with Crippen LogP contribution < -0.4 is 9.47 Å². The van der Waals surface area contributed by atoms with E-state index >= 15 is 0 Å². The number of methoxy groups -OCH3 is 2. The summed E-state index contributed by atoms with van der Waals surface area (Å²) in [4.78, 5) is 4.42. The summed E-state index contributed by atoms with van der Waals surface area (Å²) in [6.45, 7) is 0. The lowest BCUT2D eigenvalue weighted by atomic mass is 10.1. The van der Waals surface area contributed by atoms with Crippen molar-refractivity contribution >= 4 is 5.65 Å².